The van der Waals surface area contributed by atoms with E-state index in [1.54, 1.807) is 17.5 Å². The number of hydrogen-bond acceptors (Lipinski definition) is 6. The van der Waals surface area contributed by atoms with Gasteiger partial charge in [0.15, 0.2) is 5.13 Å². The lowest BCUT2D eigenvalue weighted by Gasteiger charge is -2.32. The molecule has 0 atom stereocenters. The number of aryl methyl sites for hydroxylation is 1. The largest absolute Gasteiger partial charge is 0.489 e. The molecule has 1 aromatic heterocycles. The number of anilines is 3. The molecule has 0 saturated heterocycles. The third kappa shape index (κ3) is 3.47. The normalized spacial score (nSPS) is 13.8. The van der Waals surface area contributed by atoms with Crippen LogP contribution in [0.25, 0.3) is 0 Å². The molecule has 0 saturated carbocycles. The smallest absolute Gasteiger partial charge is 0.263 e. The van der Waals surface area contributed by atoms with Crippen LogP contribution in [0, 0.1) is 12.7 Å². The van der Waals surface area contributed by atoms with Crippen LogP contribution in [0.4, 0.5) is 20.9 Å². The fraction of sp³-hybridized carbons (Fsp3) is 0.167. The fourth-order valence-corrected chi connectivity index (χ4v) is 4.74. The van der Waals surface area contributed by atoms with Crippen molar-refractivity contribution in [2.24, 2.45) is 0 Å². The van der Waals surface area contributed by atoms with E-state index in [9.17, 15) is 12.8 Å². The van der Waals surface area contributed by atoms with Crippen LogP contribution in [0.1, 0.15) is 5.56 Å². The highest BCUT2D eigenvalue weighted by Crippen LogP contribution is 2.39. The van der Waals surface area contributed by atoms with E-state index >= 15 is 0 Å². The number of fused-ring (bicyclic) bond motifs is 1. The fourth-order valence-electron chi connectivity index (χ4n) is 2.94. The molecule has 2 aromatic carbocycles. The van der Waals surface area contributed by atoms with Gasteiger partial charge in [-0.25, -0.2) is 17.8 Å². The Morgan fingerprint density at radius 3 is 2.85 bits per heavy atom. The number of thiazole rings is 1. The van der Waals surface area contributed by atoms with Crippen molar-refractivity contribution in [3.05, 3.63) is 59.4 Å². The molecular formula is C18H16FN3O3S2. The van der Waals surface area contributed by atoms with E-state index in [2.05, 4.69) is 9.71 Å². The van der Waals surface area contributed by atoms with Crippen LogP contribution >= 0.6 is 11.3 Å². The summed E-state index contributed by atoms with van der Waals surface area (Å²) in [5, 5.41) is 1.98. The second kappa shape index (κ2) is 6.82. The van der Waals surface area contributed by atoms with E-state index in [4.69, 9.17) is 4.74 Å². The van der Waals surface area contributed by atoms with Crippen molar-refractivity contribution in [1.82, 2.24) is 4.98 Å². The second-order valence-electron chi connectivity index (χ2n) is 6.00. The van der Waals surface area contributed by atoms with Crippen LogP contribution in [-0.4, -0.2) is 26.6 Å². The Hall–Kier alpha value is -2.65. The van der Waals surface area contributed by atoms with Crippen molar-refractivity contribution in [2.45, 2.75) is 11.8 Å². The summed E-state index contributed by atoms with van der Waals surface area (Å²) in [6.45, 7) is 2.81. The monoisotopic (exact) mass is 405 g/mol. The zero-order chi connectivity index (χ0) is 19.0. The minimum atomic E-state index is -3.77. The van der Waals surface area contributed by atoms with Gasteiger partial charge in [0.25, 0.3) is 10.0 Å². The average molecular weight is 405 g/mol. The first-order valence-corrected chi connectivity index (χ1v) is 10.5. The molecule has 9 heteroatoms. The van der Waals surface area contributed by atoms with Crippen LogP contribution in [0.15, 0.2) is 52.9 Å². The van der Waals surface area contributed by atoms with Crippen molar-refractivity contribution >= 4 is 37.9 Å². The van der Waals surface area contributed by atoms with Crippen molar-refractivity contribution < 1.29 is 17.5 Å². The first kappa shape index (κ1) is 17.7. The van der Waals surface area contributed by atoms with Crippen LogP contribution in [-0.2, 0) is 10.0 Å². The van der Waals surface area contributed by atoms with Gasteiger partial charge in [-0.05, 0) is 36.8 Å². The van der Waals surface area contributed by atoms with E-state index in [-0.39, 0.29) is 10.7 Å². The van der Waals surface area contributed by atoms with E-state index in [1.165, 1.54) is 41.8 Å². The van der Waals surface area contributed by atoms with Crippen LogP contribution < -0.4 is 14.4 Å². The summed E-state index contributed by atoms with van der Waals surface area (Å²) >= 11 is 1.20. The molecule has 1 N–H and O–H groups in total. The van der Waals surface area contributed by atoms with Gasteiger partial charge >= 0.3 is 0 Å². The molecule has 0 aliphatic carbocycles. The van der Waals surface area contributed by atoms with Gasteiger partial charge in [0.2, 0.25) is 0 Å². The lowest BCUT2D eigenvalue weighted by molar-refractivity contribution is 0.313. The molecule has 4 rings (SSSR count). The highest BCUT2D eigenvalue weighted by atomic mass is 32.2. The van der Waals surface area contributed by atoms with Crippen molar-refractivity contribution in [3.63, 3.8) is 0 Å². The highest BCUT2D eigenvalue weighted by Gasteiger charge is 2.24. The molecule has 1 aliphatic heterocycles. The maximum atomic E-state index is 13.7. The van der Waals surface area contributed by atoms with Gasteiger partial charge < -0.3 is 9.64 Å². The first-order valence-electron chi connectivity index (χ1n) is 8.17. The summed E-state index contributed by atoms with van der Waals surface area (Å²) < 4.78 is 47.0. The van der Waals surface area contributed by atoms with Crippen molar-refractivity contribution in [2.75, 3.05) is 22.8 Å². The number of nitrogens with one attached hydrogen (secondary N) is 1. The number of sulfonamides is 1. The number of benzene rings is 2. The molecule has 2 heterocycles. The van der Waals surface area contributed by atoms with Gasteiger partial charge in [-0.1, -0.05) is 6.07 Å². The van der Waals surface area contributed by atoms with Crippen molar-refractivity contribution in [1.29, 1.82) is 0 Å². The lowest BCUT2D eigenvalue weighted by atomic mass is 10.1. The van der Waals surface area contributed by atoms with Crippen molar-refractivity contribution in [3.8, 4) is 5.75 Å². The highest BCUT2D eigenvalue weighted by molar-refractivity contribution is 7.93. The number of halogens is 1. The minimum Gasteiger partial charge on any atom is -0.489 e. The average Bonchev–Trinajstić information content (AvgIpc) is 3.15. The number of nitrogens with zero attached hydrogens (tertiary/aromatic N) is 2. The molecule has 0 unspecified atom stereocenters. The maximum Gasteiger partial charge on any atom is 0.263 e. The predicted octanol–water partition coefficient (Wildman–Crippen LogP) is 3.92. The molecule has 0 radical (unpaired) electrons. The Bertz CT molecular complexity index is 1090. The van der Waals surface area contributed by atoms with Gasteiger partial charge in [-0.15, -0.1) is 11.3 Å². The standard InChI is InChI=1S/C18H16FN3O3S2/c1-12-2-3-13(19)10-16(12)22-7-8-25-17-11-14(4-5-15(17)22)27(23,24)21-18-20-6-9-26-18/h2-6,9-11H,7-8H2,1H3,(H,20,21). The Labute approximate surface area is 160 Å². The summed E-state index contributed by atoms with van der Waals surface area (Å²) in [5.41, 5.74) is 2.35. The predicted molar refractivity (Wildman–Crippen MR) is 103 cm³/mol. The molecule has 6 nitrogen and oxygen atoms in total. The summed E-state index contributed by atoms with van der Waals surface area (Å²) in [6.07, 6.45) is 1.53. The first-order chi connectivity index (χ1) is 12.9. The molecule has 140 valence electrons. The Balaban J connectivity index is 1.71. The molecule has 0 spiro atoms. The summed E-state index contributed by atoms with van der Waals surface area (Å²) in [6, 6.07) is 9.27. The Kier molecular flexibility index (Phi) is 4.48. The van der Waals surface area contributed by atoms with E-state index < -0.39 is 10.0 Å². The van der Waals surface area contributed by atoms with Crippen LogP contribution in [0.2, 0.25) is 0 Å². The number of rotatable bonds is 4. The molecular weight excluding hydrogens is 389 g/mol. The molecule has 1 aliphatic rings. The quantitative estimate of drug-likeness (QED) is 0.712. The molecule has 0 fully saturated rings. The summed E-state index contributed by atoms with van der Waals surface area (Å²) in [5.74, 6) is 0.113. The lowest BCUT2D eigenvalue weighted by Crippen LogP contribution is -2.29. The van der Waals surface area contributed by atoms with E-state index in [1.807, 2.05) is 11.8 Å². The van der Waals surface area contributed by atoms with Crippen LogP contribution in [0.5, 0.6) is 5.75 Å². The van der Waals surface area contributed by atoms with E-state index in [0.29, 0.717) is 29.7 Å². The Morgan fingerprint density at radius 2 is 2.07 bits per heavy atom. The number of aromatic nitrogens is 1. The van der Waals surface area contributed by atoms with Gasteiger partial charge in [-0.3, -0.25) is 4.72 Å². The minimum absolute atomic E-state index is 0.0780. The Morgan fingerprint density at radius 1 is 1.22 bits per heavy atom. The molecule has 27 heavy (non-hydrogen) atoms. The van der Waals surface area contributed by atoms with Gasteiger partial charge in [0.1, 0.15) is 18.2 Å². The van der Waals surface area contributed by atoms with E-state index in [0.717, 1.165) is 11.3 Å². The molecule has 0 amide bonds. The third-order valence-corrected chi connectivity index (χ3v) is 6.38. The number of hydrogen-bond donors (Lipinski definition) is 1. The second-order valence-corrected chi connectivity index (χ2v) is 8.58. The maximum absolute atomic E-state index is 13.7. The third-order valence-electron chi connectivity index (χ3n) is 4.22. The summed E-state index contributed by atoms with van der Waals surface area (Å²) in [7, 11) is -3.77. The van der Waals surface area contributed by atoms with Gasteiger partial charge in [0, 0.05) is 23.3 Å². The zero-order valence-electron chi connectivity index (χ0n) is 14.3. The van der Waals surface area contributed by atoms with Gasteiger partial charge in [0.05, 0.1) is 17.1 Å². The van der Waals surface area contributed by atoms with Gasteiger partial charge in [-0.2, -0.15) is 0 Å². The molecule has 0 bridgehead atoms. The van der Waals surface area contributed by atoms with Crippen LogP contribution in [0.3, 0.4) is 0 Å². The summed E-state index contributed by atoms with van der Waals surface area (Å²) in [4.78, 5) is 5.95. The SMILES string of the molecule is Cc1ccc(F)cc1N1CCOc2cc(S(=O)(=O)Nc3nccs3)ccc21. The molecule has 3 aromatic rings. The zero-order valence-corrected chi connectivity index (χ0v) is 16.0. The number of ether oxygens (including phenoxy) is 1. The topological polar surface area (TPSA) is 71.5 Å².